The summed E-state index contributed by atoms with van der Waals surface area (Å²) in [6, 6.07) is 4.38. The molecule has 2 nitrogen and oxygen atoms in total. The normalized spacial score (nSPS) is 15.6. The summed E-state index contributed by atoms with van der Waals surface area (Å²) in [4.78, 5) is 0. The molecule has 0 radical (unpaired) electrons. The lowest BCUT2D eigenvalue weighted by Crippen LogP contribution is -2.47. The number of hydrogen-bond donors (Lipinski definition) is 0. The Morgan fingerprint density at radius 3 is 2.00 bits per heavy atom. The van der Waals surface area contributed by atoms with Crippen LogP contribution in [0.4, 0.5) is 0 Å². The second-order valence-corrected chi connectivity index (χ2v) is 19.3. The summed E-state index contributed by atoms with van der Waals surface area (Å²) < 4.78 is 11.7. The highest BCUT2D eigenvalue weighted by molar-refractivity contribution is 6.98. The average molecular weight is 389 g/mol. The molecule has 0 saturated carbocycles. The maximum Gasteiger partial charge on any atom is 0.122 e. The van der Waals surface area contributed by atoms with Crippen LogP contribution in [0.25, 0.3) is 0 Å². The van der Waals surface area contributed by atoms with Crippen molar-refractivity contribution in [2.45, 2.75) is 65.3 Å². The Hall–Kier alpha value is -1.27. The number of benzene rings is 1. The molecule has 1 aromatic carbocycles. The summed E-state index contributed by atoms with van der Waals surface area (Å²) >= 11 is 0. The van der Waals surface area contributed by atoms with Gasteiger partial charge in [0.15, 0.2) is 0 Å². The van der Waals surface area contributed by atoms with Gasteiger partial charge < -0.3 is 9.47 Å². The third kappa shape index (κ3) is 3.86. The molecule has 26 heavy (non-hydrogen) atoms. The van der Waals surface area contributed by atoms with E-state index in [2.05, 4.69) is 77.8 Å². The number of methoxy groups -OCH3 is 2. The standard InChI is InChI=1S/C22H36O2Si2/c1-22(2,3)17-14-16(23-4)15-20(21(17)24-5)26(9,10)19-13-11-12-18(19)25(6,7)8/h11-12,14-15H,13H2,1-10H3. The maximum atomic E-state index is 6.02. The summed E-state index contributed by atoms with van der Waals surface area (Å²) in [6.45, 7) is 19.0. The first-order chi connectivity index (χ1) is 11.8. The molecule has 4 heteroatoms. The third-order valence-corrected chi connectivity index (χ3v) is 11.5. The summed E-state index contributed by atoms with van der Waals surface area (Å²) in [6.07, 6.45) is 5.84. The van der Waals surface area contributed by atoms with Gasteiger partial charge in [-0.1, -0.05) is 76.1 Å². The van der Waals surface area contributed by atoms with Crippen molar-refractivity contribution in [3.8, 4) is 11.5 Å². The first-order valence-corrected chi connectivity index (χ1v) is 16.0. The lowest BCUT2D eigenvalue weighted by molar-refractivity contribution is 0.391. The Morgan fingerprint density at radius 2 is 1.54 bits per heavy atom. The zero-order valence-electron chi connectivity index (χ0n) is 18.3. The van der Waals surface area contributed by atoms with E-state index in [4.69, 9.17) is 9.47 Å². The first kappa shape index (κ1) is 21.0. The van der Waals surface area contributed by atoms with E-state index in [-0.39, 0.29) is 5.41 Å². The quantitative estimate of drug-likeness (QED) is 0.612. The Kier molecular flexibility index (Phi) is 5.70. The molecular formula is C22H36O2Si2. The second kappa shape index (κ2) is 7.04. The average Bonchev–Trinajstić information content (AvgIpc) is 3.03. The highest BCUT2D eigenvalue weighted by Gasteiger charge is 2.38. The van der Waals surface area contributed by atoms with Crippen molar-refractivity contribution >= 4 is 21.3 Å². The molecule has 0 aromatic heterocycles. The van der Waals surface area contributed by atoms with Gasteiger partial charge in [0.25, 0.3) is 0 Å². The van der Waals surface area contributed by atoms with Gasteiger partial charge in [0.05, 0.1) is 22.3 Å². The maximum absolute atomic E-state index is 6.02. The van der Waals surface area contributed by atoms with E-state index in [0.717, 1.165) is 17.9 Å². The van der Waals surface area contributed by atoms with Crippen molar-refractivity contribution in [3.63, 3.8) is 0 Å². The van der Waals surface area contributed by atoms with E-state index in [9.17, 15) is 0 Å². The van der Waals surface area contributed by atoms with Gasteiger partial charge in [-0.3, -0.25) is 0 Å². The Morgan fingerprint density at radius 1 is 0.923 bits per heavy atom. The molecule has 0 unspecified atom stereocenters. The minimum atomic E-state index is -1.90. The smallest absolute Gasteiger partial charge is 0.122 e. The van der Waals surface area contributed by atoms with Gasteiger partial charge in [0.1, 0.15) is 19.6 Å². The molecule has 0 atom stereocenters. The van der Waals surface area contributed by atoms with Gasteiger partial charge in [0, 0.05) is 5.56 Å². The third-order valence-electron chi connectivity index (χ3n) is 5.48. The summed E-state index contributed by atoms with van der Waals surface area (Å²) in [5.41, 5.74) is 1.24. The lowest BCUT2D eigenvalue weighted by atomic mass is 9.86. The molecule has 0 bridgehead atoms. The van der Waals surface area contributed by atoms with Gasteiger partial charge in [-0.05, 0) is 29.2 Å². The molecule has 1 aromatic rings. The topological polar surface area (TPSA) is 18.5 Å². The van der Waals surface area contributed by atoms with E-state index < -0.39 is 16.1 Å². The molecule has 0 N–H and O–H groups in total. The van der Waals surface area contributed by atoms with Crippen LogP contribution in [0, 0.1) is 0 Å². The number of ether oxygens (including phenoxy) is 2. The van der Waals surface area contributed by atoms with Crippen molar-refractivity contribution in [2.75, 3.05) is 14.2 Å². The SMILES string of the molecule is COc1cc(C(C)(C)C)c(OC)c([Si](C)(C)C2=C([Si](C)(C)C)C=CC2)c1. The number of hydrogen-bond acceptors (Lipinski definition) is 2. The zero-order chi connectivity index (χ0) is 19.9. The van der Waals surface area contributed by atoms with Gasteiger partial charge in [-0.25, -0.2) is 0 Å². The van der Waals surface area contributed by atoms with Crippen LogP contribution in [0.3, 0.4) is 0 Å². The fourth-order valence-electron chi connectivity index (χ4n) is 3.92. The fourth-order valence-corrected chi connectivity index (χ4v) is 10.6. The van der Waals surface area contributed by atoms with Crippen molar-refractivity contribution < 1.29 is 9.47 Å². The molecule has 0 amide bonds. The van der Waals surface area contributed by atoms with E-state index in [1.807, 2.05) is 7.11 Å². The number of rotatable bonds is 5. The van der Waals surface area contributed by atoms with E-state index in [0.29, 0.717) is 0 Å². The first-order valence-electron chi connectivity index (χ1n) is 9.51. The van der Waals surface area contributed by atoms with Crippen LogP contribution < -0.4 is 14.7 Å². The van der Waals surface area contributed by atoms with Crippen LogP contribution in [0.15, 0.2) is 34.7 Å². The van der Waals surface area contributed by atoms with Gasteiger partial charge in [0.2, 0.25) is 0 Å². The molecule has 1 aliphatic carbocycles. The van der Waals surface area contributed by atoms with E-state index in [1.54, 1.807) is 17.5 Å². The summed E-state index contributed by atoms with van der Waals surface area (Å²) in [5.74, 6) is 2.00. The largest absolute Gasteiger partial charge is 0.497 e. The van der Waals surface area contributed by atoms with Crippen LogP contribution in [0.2, 0.25) is 32.7 Å². The van der Waals surface area contributed by atoms with Gasteiger partial charge in [-0.2, -0.15) is 0 Å². The van der Waals surface area contributed by atoms with Crippen molar-refractivity contribution in [2.24, 2.45) is 0 Å². The van der Waals surface area contributed by atoms with Crippen molar-refractivity contribution in [1.29, 1.82) is 0 Å². The Balaban J connectivity index is 2.78. The molecule has 0 heterocycles. The van der Waals surface area contributed by atoms with E-state index >= 15 is 0 Å². The predicted octanol–water partition coefficient (Wildman–Crippen LogP) is 5.59. The molecule has 0 fully saturated rings. The van der Waals surface area contributed by atoms with Crippen LogP contribution in [-0.4, -0.2) is 30.4 Å². The monoisotopic (exact) mass is 388 g/mol. The zero-order valence-corrected chi connectivity index (χ0v) is 20.3. The predicted molar refractivity (Wildman–Crippen MR) is 119 cm³/mol. The lowest BCUT2D eigenvalue weighted by Gasteiger charge is -2.34. The molecule has 1 aliphatic rings. The molecule has 144 valence electrons. The van der Waals surface area contributed by atoms with Gasteiger partial charge >= 0.3 is 0 Å². The van der Waals surface area contributed by atoms with Crippen LogP contribution >= 0.6 is 0 Å². The molecular weight excluding hydrogens is 352 g/mol. The Labute approximate surface area is 162 Å². The minimum absolute atomic E-state index is 0.00300. The molecule has 0 spiro atoms. The second-order valence-electron chi connectivity index (χ2n) is 9.88. The highest BCUT2D eigenvalue weighted by atomic mass is 28.3. The Bertz CT molecular complexity index is 745. The van der Waals surface area contributed by atoms with Crippen LogP contribution in [-0.2, 0) is 5.41 Å². The summed E-state index contributed by atoms with van der Waals surface area (Å²) in [7, 11) is 0.302. The molecule has 0 saturated heterocycles. The van der Waals surface area contributed by atoms with Crippen LogP contribution in [0.1, 0.15) is 32.8 Å². The van der Waals surface area contributed by atoms with E-state index in [1.165, 1.54) is 10.8 Å². The van der Waals surface area contributed by atoms with Crippen molar-refractivity contribution in [1.82, 2.24) is 0 Å². The van der Waals surface area contributed by atoms with Crippen molar-refractivity contribution in [3.05, 3.63) is 40.2 Å². The molecule has 0 aliphatic heterocycles. The fraction of sp³-hybridized carbons (Fsp3) is 0.545. The van der Waals surface area contributed by atoms with Crippen LogP contribution in [0.5, 0.6) is 11.5 Å². The molecule has 2 rings (SSSR count). The highest BCUT2D eigenvalue weighted by Crippen LogP contribution is 2.39. The minimum Gasteiger partial charge on any atom is -0.497 e. The van der Waals surface area contributed by atoms with Gasteiger partial charge in [-0.15, -0.1) is 0 Å². The summed E-state index contributed by atoms with van der Waals surface area (Å²) in [5, 5.41) is 4.66. The number of allylic oxidation sites excluding steroid dienone is 4.